The minimum Gasteiger partial charge on any atom is -0.394 e. The summed E-state index contributed by atoms with van der Waals surface area (Å²) >= 11 is 0. The van der Waals surface area contributed by atoms with E-state index >= 15 is 0 Å². The minimum atomic E-state index is -0.880. The summed E-state index contributed by atoms with van der Waals surface area (Å²) in [6.07, 6.45) is 0. The van der Waals surface area contributed by atoms with E-state index in [2.05, 4.69) is 10.6 Å². The number of carbonyl (C=O) groups excluding carboxylic acids is 1. The fourth-order valence-electron chi connectivity index (χ4n) is 1.95. The number of benzene rings is 2. The van der Waals surface area contributed by atoms with Crippen molar-refractivity contribution in [3.8, 4) is 0 Å². The Morgan fingerprint density at radius 3 is 2.43 bits per heavy atom. The third-order valence-electron chi connectivity index (χ3n) is 3.28. The van der Waals surface area contributed by atoms with Gasteiger partial charge >= 0.3 is 0 Å². The summed E-state index contributed by atoms with van der Waals surface area (Å²) in [6, 6.07) is 10.1. The predicted octanol–water partition coefficient (Wildman–Crippen LogP) is 2.69. The van der Waals surface area contributed by atoms with E-state index in [-0.39, 0.29) is 18.6 Å². The van der Waals surface area contributed by atoms with Crippen molar-refractivity contribution in [3.63, 3.8) is 0 Å². The monoisotopic (exact) mass is 320 g/mol. The van der Waals surface area contributed by atoms with Crippen molar-refractivity contribution in [1.82, 2.24) is 5.32 Å². The van der Waals surface area contributed by atoms with Gasteiger partial charge in [-0.15, -0.1) is 0 Å². The number of hydrogen-bond donors (Lipinski definition) is 3. The van der Waals surface area contributed by atoms with Gasteiger partial charge in [-0.2, -0.15) is 0 Å². The summed E-state index contributed by atoms with van der Waals surface area (Å²) in [5.41, 5.74) is 1.84. The van der Waals surface area contributed by atoms with Gasteiger partial charge in [-0.1, -0.05) is 6.07 Å². The molecule has 1 amide bonds. The Hall–Kier alpha value is -2.47. The zero-order chi connectivity index (χ0) is 16.8. The predicted molar refractivity (Wildman–Crippen MR) is 84.1 cm³/mol. The zero-order valence-electron chi connectivity index (χ0n) is 12.6. The molecule has 2 aromatic rings. The third kappa shape index (κ3) is 4.75. The van der Waals surface area contributed by atoms with E-state index in [1.807, 2.05) is 0 Å². The van der Waals surface area contributed by atoms with Gasteiger partial charge < -0.3 is 15.7 Å². The zero-order valence-corrected chi connectivity index (χ0v) is 12.6. The van der Waals surface area contributed by atoms with Gasteiger partial charge in [0.25, 0.3) is 5.91 Å². The first-order valence-electron chi connectivity index (χ1n) is 7.19. The van der Waals surface area contributed by atoms with Crippen molar-refractivity contribution in [2.45, 2.75) is 19.5 Å². The molecule has 0 unspecified atom stereocenters. The number of rotatable bonds is 6. The van der Waals surface area contributed by atoms with E-state index in [4.69, 9.17) is 5.11 Å². The maximum Gasteiger partial charge on any atom is 0.251 e. The maximum atomic E-state index is 13.1. The summed E-state index contributed by atoms with van der Waals surface area (Å²) in [5, 5.41) is 14.6. The Morgan fingerprint density at radius 2 is 1.83 bits per heavy atom. The minimum absolute atomic E-state index is 0.125. The van der Waals surface area contributed by atoms with Crippen molar-refractivity contribution in [2.24, 2.45) is 0 Å². The number of amides is 1. The molecule has 0 aliphatic rings. The molecule has 1 atom stereocenters. The van der Waals surface area contributed by atoms with Gasteiger partial charge in [-0.3, -0.25) is 4.79 Å². The molecule has 0 saturated heterocycles. The molecule has 0 bridgehead atoms. The van der Waals surface area contributed by atoms with Gasteiger partial charge in [0.05, 0.1) is 6.61 Å². The second kappa shape index (κ2) is 7.69. The van der Waals surface area contributed by atoms with Gasteiger partial charge in [0, 0.05) is 23.8 Å². The fourth-order valence-corrected chi connectivity index (χ4v) is 1.95. The number of halogens is 2. The molecule has 0 fully saturated rings. The average Bonchev–Trinajstić information content (AvgIpc) is 2.56. The van der Waals surface area contributed by atoms with Gasteiger partial charge in [0.2, 0.25) is 0 Å². The Bertz CT molecular complexity index is 675. The van der Waals surface area contributed by atoms with Crippen molar-refractivity contribution in [3.05, 3.63) is 65.2 Å². The molecule has 0 radical (unpaired) electrons. The SMILES string of the molecule is C[C@H](CO)NC(=O)c1ccc(NCc2ccc(F)c(F)c2)cc1. The van der Waals surface area contributed by atoms with Crippen LogP contribution in [0.5, 0.6) is 0 Å². The van der Waals surface area contributed by atoms with Crippen LogP contribution < -0.4 is 10.6 Å². The van der Waals surface area contributed by atoms with E-state index in [0.717, 1.165) is 17.8 Å². The first-order chi connectivity index (χ1) is 11.0. The standard InChI is InChI=1S/C17H18F2N2O2/c1-11(10-22)21-17(23)13-3-5-14(6-4-13)20-9-12-2-7-15(18)16(19)8-12/h2-8,11,20,22H,9-10H2,1H3,(H,21,23)/t11-/m1/s1. The summed E-state index contributed by atoms with van der Waals surface area (Å²) in [7, 11) is 0. The molecule has 0 heterocycles. The molecule has 0 aromatic heterocycles. The van der Waals surface area contributed by atoms with Crippen LogP contribution in [0.4, 0.5) is 14.5 Å². The molecule has 0 aliphatic carbocycles. The van der Waals surface area contributed by atoms with E-state index in [1.165, 1.54) is 6.07 Å². The molecule has 6 heteroatoms. The molecule has 122 valence electrons. The van der Waals surface area contributed by atoms with Crippen LogP contribution in [0.15, 0.2) is 42.5 Å². The molecule has 4 nitrogen and oxygen atoms in total. The first-order valence-corrected chi connectivity index (χ1v) is 7.19. The topological polar surface area (TPSA) is 61.4 Å². The Morgan fingerprint density at radius 1 is 1.13 bits per heavy atom. The Labute approximate surface area is 133 Å². The van der Waals surface area contributed by atoms with Crippen LogP contribution >= 0.6 is 0 Å². The number of aliphatic hydroxyl groups excluding tert-OH is 1. The summed E-state index contributed by atoms with van der Waals surface area (Å²) in [5.74, 6) is -2.02. The lowest BCUT2D eigenvalue weighted by atomic mass is 10.1. The highest BCUT2D eigenvalue weighted by Gasteiger charge is 2.08. The molecule has 2 aromatic carbocycles. The molecular formula is C17H18F2N2O2. The van der Waals surface area contributed by atoms with E-state index in [0.29, 0.717) is 17.7 Å². The lowest BCUT2D eigenvalue weighted by Crippen LogP contribution is -2.34. The second-order valence-electron chi connectivity index (χ2n) is 5.24. The van der Waals surface area contributed by atoms with Crippen molar-refractivity contribution in [1.29, 1.82) is 0 Å². The van der Waals surface area contributed by atoms with Crippen molar-refractivity contribution < 1.29 is 18.7 Å². The van der Waals surface area contributed by atoms with Crippen LogP contribution in [0.25, 0.3) is 0 Å². The molecule has 2 rings (SSSR count). The fraction of sp³-hybridized carbons (Fsp3) is 0.235. The van der Waals surface area contributed by atoms with Crippen LogP contribution in [0.1, 0.15) is 22.8 Å². The molecule has 23 heavy (non-hydrogen) atoms. The highest BCUT2D eigenvalue weighted by molar-refractivity contribution is 5.94. The number of nitrogens with one attached hydrogen (secondary N) is 2. The van der Waals surface area contributed by atoms with E-state index in [9.17, 15) is 13.6 Å². The second-order valence-corrected chi connectivity index (χ2v) is 5.24. The van der Waals surface area contributed by atoms with E-state index in [1.54, 1.807) is 31.2 Å². The Balaban J connectivity index is 1.94. The van der Waals surface area contributed by atoms with Crippen LogP contribution in [0, 0.1) is 11.6 Å². The summed E-state index contributed by atoms with van der Waals surface area (Å²) in [4.78, 5) is 11.9. The van der Waals surface area contributed by atoms with Gasteiger partial charge in [-0.25, -0.2) is 8.78 Å². The summed E-state index contributed by atoms with van der Waals surface area (Å²) < 4.78 is 26.0. The molecule has 0 saturated carbocycles. The largest absolute Gasteiger partial charge is 0.394 e. The molecule has 0 spiro atoms. The normalized spacial score (nSPS) is 11.8. The number of aliphatic hydroxyl groups is 1. The highest BCUT2D eigenvalue weighted by Crippen LogP contribution is 2.13. The lowest BCUT2D eigenvalue weighted by Gasteiger charge is -2.11. The highest BCUT2D eigenvalue weighted by atomic mass is 19.2. The first kappa shape index (κ1) is 16.9. The number of hydrogen-bond acceptors (Lipinski definition) is 3. The summed E-state index contributed by atoms with van der Waals surface area (Å²) in [6.45, 7) is 1.92. The molecule has 0 aliphatic heterocycles. The van der Waals surface area contributed by atoms with Crippen molar-refractivity contribution >= 4 is 11.6 Å². The van der Waals surface area contributed by atoms with Crippen LogP contribution in [-0.4, -0.2) is 23.7 Å². The quantitative estimate of drug-likeness (QED) is 0.767. The van der Waals surface area contributed by atoms with Gasteiger partial charge in [0.1, 0.15) is 0 Å². The third-order valence-corrected chi connectivity index (χ3v) is 3.28. The lowest BCUT2D eigenvalue weighted by molar-refractivity contribution is 0.0922. The maximum absolute atomic E-state index is 13.1. The van der Waals surface area contributed by atoms with Crippen LogP contribution in [-0.2, 0) is 6.54 Å². The van der Waals surface area contributed by atoms with Gasteiger partial charge in [0.15, 0.2) is 11.6 Å². The van der Waals surface area contributed by atoms with E-state index < -0.39 is 11.6 Å². The van der Waals surface area contributed by atoms with Crippen molar-refractivity contribution in [2.75, 3.05) is 11.9 Å². The van der Waals surface area contributed by atoms with Gasteiger partial charge in [-0.05, 0) is 48.9 Å². The van der Waals surface area contributed by atoms with Crippen LogP contribution in [0.2, 0.25) is 0 Å². The Kier molecular flexibility index (Phi) is 5.65. The molecular weight excluding hydrogens is 302 g/mol. The average molecular weight is 320 g/mol. The number of anilines is 1. The number of carbonyl (C=O) groups is 1. The molecule has 3 N–H and O–H groups in total. The van der Waals surface area contributed by atoms with Crippen LogP contribution in [0.3, 0.4) is 0 Å². The smallest absolute Gasteiger partial charge is 0.251 e.